The van der Waals surface area contributed by atoms with Crippen LogP contribution in [0, 0.1) is 13.8 Å². The van der Waals surface area contributed by atoms with Gasteiger partial charge in [-0.2, -0.15) is 0 Å². The van der Waals surface area contributed by atoms with Crippen molar-refractivity contribution in [2.24, 2.45) is 0 Å². The Morgan fingerprint density at radius 1 is 1.26 bits per heavy atom. The fourth-order valence-electron chi connectivity index (χ4n) is 3.31. The third-order valence-electron chi connectivity index (χ3n) is 4.45. The van der Waals surface area contributed by atoms with E-state index in [1.165, 1.54) is 7.11 Å². The van der Waals surface area contributed by atoms with Gasteiger partial charge < -0.3 is 14.5 Å². The number of carbonyl (C=O) groups is 2. The normalized spacial score (nSPS) is 23.6. The van der Waals surface area contributed by atoms with Crippen molar-refractivity contribution < 1.29 is 19.1 Å². The third kappa shape index (κ3) is 3.48. The number of esters is 1. The maximum atomic E-state index is 12.9. The SMILES string of the molecule is COC(=O)c1c(C)[nH]c(C(=O)[C@H](C)N2C[C@@H](C)O[C@H](C)C2)c1C. The second-order valence-corrected chi connectivity index (χ2v) is 6.37. The molecule has 6 heteroatoms. The lowest BCUT2D eigenvalue weighted by atomic mass is 10.0. The van der Waals surface area contributed by atoms with Gasteiger partial charge in [-0.3, -0.25) is 9.69 Å². The molecule has 23 heavy (non-hydrogen) atoms. The molecule has 128 valence electrons. The van der Waals surface area contributed by atoms with E-state index in [9.17, 15) is 9.59 Å². The number of Topliss-reactive ketones (excluding diaryl/α,β-unsaturated/α-hetero) is 1. The lowest BCUT2D eigenvalue weighted by molar-refractivity contribution is -0.0744. The Morgan fingerprint density at radius 3 is 2.35 bits per heavy atom. The van der Waals surface area contributed by atoms with Gasteiger partial charge in [0.15, 0.2) is 5.78 Å². The molecule has 0 bridgehead atoms. The smallest absolute Gasteiger partial charge is 0.339 e. The number of ketones is 1. The van der Waals surface area contributed by atoms with Crippen molar-refractivity contribution in [2.45, 2.75) is 52.9 Å². The Balaban J connectivity index is 2.25. The highest BCUT2D eigenvalue weighted by atomic mass is 16.5. The first-order chi connectivity index (χ1) is 10.8. The Hall–Kier alpha value is -1.66. The number of rotatable bonds is 4. The Bertz CT molecular complexity index is 598. The lowest BCUT2D eigenvalue weighted by Gasteiger charge is -2.38. The zero-order valence-corrected chi connectivity index (χ0v) is 14.7. The van der Waals surface area contributed by atoms with Crippen molar-refractivity contribution in [3.8, 4) is 0 Å². The topological polar surface area (TPSA) is 71.6 Å². The van der Waals surface area contributed by atoms with Gasteiger partial charge in [-0.25, -0.2) is 4.79 Å². The molecule has 0 aliphatic carbocycles. The molecule has 1 aromatic rings. The Labute approximate surface area is 137 Å². The van der Waals surface area contributed by atoms with Crippen LogP contribution in [-0.2, 0) is 9.47 Å². The number of nitrogens with one attached hydrogen (secondary N) is 1. The average Bonchev–Trinajstić information content (AvgIpc) is 2.79. The van der Waals surface area contributed by atoms with Gasteiger partial charge >= 0.3 is 5.97 Å². The number of aromatic nitrogens is 1. The maximum absolute atomic E-state index is 12.9. The first-order valence-corrected chi connectivity index (χ1v) is 7.97. The molecule has 0 aromatic carbocycles. The van der Waals surface area contributed by atoms with Gasteiger partial charge in [-0.15, -0.1) is 0 Å². The Kier molecular flexibility index (Phi) is 5.26. The molecule has 0 unspecified atom stereocenters. The zero-order chi connectivity index (χ0) is 17.3. The number of H-pyrrole nitrogens is 1. The number of hydrogen-bond acceptors (Lipinski definition) is 5. The number of ether oxygens (including phenoxy) is 2. The minimum atomic E-state index is -0.420. The summed E-state index contributed by atoms with van der Waals surface area (Å²) in [6.45, 7) is 10.9. The predicted molar refractivity (Wildman–Crippen MR) is 87.0 cm³/mol. The van der Waals surface area contributed by atoms with Crippen LogP contribution < -0.4 is 0 Å². The van der Waals surface area contributed by atoms with Gasteiger partial charge in [0.2, 0.25) is 0 Å². The quantitative estimate of drug-likeness (QED) is 0.679. The summed E-state index contributed by atoms with van der Waals surface area (Å²) in [5.41, 5.74) is 2.25. The summed E-state index contributed by atoms with van der Waals surface area (Å²) >= 11 is 0. The summed E-state index contributed by atoms with van der Waals surface area (Å²) in [5, 5.41) is 0. The fourth-order valence-corrected chi connectivity index (χ4v) is 3.31. The second kappa shape index (κ2) is 6.84. The van der Waals surface area contributed by atoms with E-state index in [2.05, 4.69) is 9.88 Å². The first kappa shape index (κ1) is 17.7. The summed E-state index contributed by atoms with van der Waals surface area (Å²) in [6.07, 6.45) is 0.206. The highest BCUT2D eigenvalue weighted by molar-refractivity contribution is 6.03. The average molecular weight is 322 g/mol. The number of aryl methyl sites for hydroxylation is 1. The van der Waals surface area contributed by atoms with Crippen LogP contribution in [0.15, 0.2) is 0 Å². The van der Waals surface area contributed by atoms with E-state index in [1.54, 1.807) is 13.8 Å². The van der Waals surface area contributed by atoms with Crippen LogP contribution in [0.3, 0.4) is 0 Å². The van der Waals surface area contributed by atoms with Gasteiger partial charge in [0.05, 0.1) is 36.6 Å². The molecule has 2 rings (SSSR count). The minimum Gasteiger partial charge on any atom is -0.465 e. The third-order valence-corrected chi connectivity index (χ3v) is 4.45. The molecule has 0 spiro atoms. The minimum absolute atomic E-state index is 0.0120. The van der Waals surface area contributed by atoms with E-state index >= 15 is 0 Å². The summed E-state index contributed by atoms with van der Waals surface area (Å²) in [4.78, 5) is 30.0. The van der Waals surface area contributed by atoms with E-state index in [4.69, 9.17) is 9.47 Å². The maximum Gasteiger partial charge on any atom is 0.339 e. The largest absolute Gasteiger partial charge is 0.465 e. The number of nitrogens with zero attached hydrogens (tertiary/aromatic N) is 1. The molecule has 1 saturated heterocycles. The molecule has 6 nitrogen and oxygen atoms in total. The number of methoxy groups -OCH3 is 1. The monoisotopic (exact) mass is 322 g/mol. The van der Waals surface area contributed by atoms with E-state index < -0.39 is 5.97 Å². The van der Waals surface area contributed by atoms with Crippen LogP contribution in [0.5, 0.6) is 0 Å². The second-order valence-electron chi connectivity index (χ2n) is 6.37. The van der Waals surface area contributed by atoms with Crippen LogP contribution in [0.25, 0.3) is 0 Å². The summed E-state index contributed by atoms with van der Waals surface area (Å²) in [7, 11) is 1.34. The van der Waals surface area contributed by atoms with Gasteiger partial charge in [0.1, 0.15) is 0 Å². The van der Waals surface area contributed by atoms with Gasteiger partial charge in [-0.05, 0) is 40.2 Å². The lowest BCUT2D eigenvalue weighted by Crippen LogP contribution is -2.51. The highest BCUT2D eigenvalue weighted by Crippen LogP contribution is 2.22. The molecule has 1 aliphatic heterocycles. The van der Waals surface area contributed by atoms with Crippen LogP contribution >= 0.6 is 0 Å². The first-order valence-electron chi connectivity index (χ1n) is 7.97. The van der Waals surface area contributed by atoms with E-state index in [-0.39, 0.29) is 24.0 Å². The molecule has 3 atom stereocenters. The zero-order valence-electron chi connectivity index (χ0n) is 14.7. The van der Waals surface area contributed by atoms with Crippen molar-refractivity contribution in [1.29, 1.82) is 0 Å². The molecule has 2 heterocycles. The van der Waals surface area contributed by atoms with Crippen LogP contribution in [0.1, 0.15) is 52.9 Å². The molecule has 0 radical (unpaired) electrons. The van der Waals surface area contributed by atoms with Crippen LogP contribution in [-0.4, -0.2) is 60.1 Å². The fraction of sp³-hybridized carbons (Fsp3) is 0.647. The molecule has 1 fully saturated rings. The number of morpholine rings is 1. The summed E-state index contributed by atoms with van der Waals surface area (Å²) in [5.74, 6) is -0.432. The van der Waals surface area contributed by atoms with E-state index in [0.29, 0.717) is 22.5 Å². The number of carbonyl (C=O) groups excluding carboxylic acids is 2. The molecule has 1 N–H and O–H groups in total. The molecule has 1 aliphatic rings. The van der Waals surface area contributed by atoms with Gasteiger partial charge in [0, 0.05) is 18.8 Å². The Morgan fingerprint density at radius 2 is 1.83 bits per heavy atom. The number of hydrogen-bond donors (Lipinski definition) is 1. The molecule has 0 amide bonds. The number of aromatic amines is 1. The molecular formula is C17H26N2O4. The molecule has 1 aromatic heterocycles. The highest BCUT2D eigenvalue weighted by Gasteiger charge is 2.32. The van der Waals surface area contributed by atoms with Crippen LogP contribution in [0.4, 0.5) is 0 Å². The predicted octanol–water partition coefficient (Wildman–Crippen LogP) is 2.10. The standard InChI is InChI=1S/C17H26N2O4/c1-9-7-19(8-10(2)23-9)13(5)16(20)15-11(3)14(12(4)18-15)17(21)22-6/h9-10,13,18H,7-8H2,1-6H3/t9-,10-,13+/m1/s1. The summed E-state index contributed by atoms with van der Waals surface area (Å²) in [6, 6.07) is -0.272. The van der Waals surface area contributed by atoms with Crippen LogP contribution in [0.2, 0.25) is 0 Å². The van der Waals surface area contributed by atoms with Crippen molar-refractivity contribution in [1.82, 2.24) is 9.88 Å². The van der Waals surface area contributed by atoms with E-state index in [1.807, 2.05) is 20.8 Å². The van der Waals surface area contributed by atoms with Crippen molar-refractivity contribution in [3.05, 3.63) is 22.5 Å². The van der Waals surface area contributed by atoms with Crippen molar-refractivity contribution in [2.75, 3.05) is 20.2 Å². The van der Waals surface area contributed by atoms with E-state index in [0.717, 1.165) is 13.1 Å². The van der Waals surface area contributed by atoms with Crippen molar-refractivity contribution in [3.63, 3.8) is 0 Å². The molecule has 0 saturated carbocycles. The molecular weight excluding hydrogens is 296 g/mol. The van der Waals surface area contributed by atoms with Crippen molar-refractivity contribution >= 4 is 11.8 Å². The van der Waals surface area contributed by atoms with Gasteiger partial charge in [0.25, 0.3) is 0 Å². The van der Waals surface area contributed by atoms with Gasteiger partial charge in [-0.1, -0.05) is 0 Å². The summed E-state index contributed by atoms with van der Waals surface area (Å²) < 4.78 is 10.5.